The smallest absolute Gasteiger partial charge is 0.383 e. The highest BCUT2D eigenvalue weighted by Gasteiger charge is 2.31. The van der Waals surface area contributed by atoms with Gasteiger partial charge in [0.15, 0.2) is 0 Å². The lowest BCUT2D eigenvalue weighted by atomic mass is 10.2. The summed E-state index contributed by atoms with van der Waals surface area (Å²) in [6.45, 7) is 3.30. The van der Waals surface area contributed by atoms with E-state index in [0.717, 1.165) is 10.9 Å². The predicted octanol–water partition coefficient (Wildman–Crippen LogP) is 1.40. The van der Waals surface area contributed by atoms with Crippen LogP contribution in [0.5, 0.6) is 0 Å². The monoisotopic (exact) mass is 396 g/mol. The van der Waals surface area contributed by atoms with Crippen molar-refractivity contribution in [2.75, 3.05) is 38.5 Å². The molecule has 1 unspecified atom stereocenters. The van der Waals surface area contributed by atoms with E-state index >= 15 is 0 Å². The number of piperazine rings is 1. The van der Waals surface area contributed by atoms with Gasteiger partial charge in [-0.15, -0.1) is 0 Å². The van der Waals surface area contributed by atoms with E-state index in [4.69, 9.17) is 5.73 Å². The van der Waals surface area contributed by atoms with Gasteiger partial charge >= 0.3 is 6.18 Å². The minimum Gasteiger partial charge on any atom is -0.383 e. The fraction of sp³-hybridized carbons (Fsp3) is 0.500. The number of para-hydroxylation sites is 1. The molecule has 2 aromatic rings. The molecule has 1 fully saturated rings. The fourth-order valence-electron chi connectivity index (χ4n) is 3.23. The van der Waals surface area contributed by atoms with Gasteiger partial charge in [-0.2, -0.15) is 13.2 Å². The molecule has 1 saturated heterocycles. The summed E-state index contributed by atoms with van der Waals surface area (Å²) >= 11 is 0. The van der Waals surface area contributed by atoms with Crippen LogP contribution in [0.15, 0.2) is 24.3 Å². The number of hydrogen-bond acceptors (Lipinski definition) is 6. The van der Waals surface area contributed by atoms with E-state index in [1.165, 1.54) is 0 Å². The van der Waals surface area contributed by atoms with Crippen LogP contribution in [0.1, 0.15) is 12.7 Å². The van der Waals surface area contributed by atoms with E-state index in [-0.39, 0.29) is 0 Å². The van der Waals surface area contributed by atoms with Gasteiger partial charge < -0.3 is 11.1 Å². The number of nitrogens with zero attached hydrogens (tertiary/aromatic N) is 4. The van der Waals surface area contributed by atoms with Crippen molar-refractivity contribution in [1.82, 2.24) is 25.1 Å². The Morgan fingerprint density at radius 2 is 1.89 bits per heavy atom. The molecule has 28 heavy (non-hydrogen) atoms. The maximum atomic E-state index is 12.3. The van der Waals surface area contributed by atoms with Crippen molar-refractivity contribution < 1.29 is 18.0 Å². The Morgan fingerprint density at radius 1 is 1.21 bits per heavy atom. The number of nitrogens with one attached hydrogen (secondary N) is 1. The van der Waals surface area contributed by atoms with E-state index in [2.05, 4.69) is 14.9 Å². The molecule has 3 rings (SSSR count). The van der Waals surface area contributed by atoms with E-state index in [1.807, 2.05) is 34.5 Å². The number of fused-ring (bicyclic) bond motifs is 1. The van der Waals surface area contributed by atoms with Gasteiger partial charge in [-0.25, -0.2) is 9.97 Å². The Bertz CT molecular complexity index is 836. The molecule has 1 atom stereocenters. The number of carbonyl (C=O) groups excluding carboxylic acids is 1. The van der Waals surface area contributed by atoms with Gasteiger partial charge in [-0.3, -0.25) is 14.6 Å². The van der Waals surface area contributed by atoms with Gasteiger partial charge in [-0.05, 0) is 19.1 Å². The van der Waals surface area contributed by atoms with Gasteiger partial charge in [0.2, 0.25) is 5.91 Å². The van der Waals surface area contributed by atoms with E-state index in [0.29, 0.717) is 44.4 Å². The van der Waals surface area contributed by atoms with E-state index in [1.54, 1.807) is 6.92 Å². The van der Waals surface area contributed by atoms with Crippen LogP contribution >= 0.6 is 0 Å². The molecule has 7 nitrogen and oxygen atoms in total. The number of nitrogen functional groups attached to an aromatic ring is 1. The van der Waals surface area contributed by atoms with Crippen LogP contribution in [0.3, 0.4) is 0 Å². The summed E-state index contributed by atoms with van der Waals surface area (Å²) in [6, 6.07) is 6.92. The second-order valence-electron chi connectivity index (χ2n) is 6.86. The molecule has 10 heteroatoms. The quantitative estimate of drug-likeness (QED) is 0.795. The number of anilines is 1. The first-order chi connectivity index (χ1) is 13.2. The molecule has 1 aliphatic heterocycles. The van der Waals surface area contributed by atoms with Crippen molar-refractivity contribution in [3.05, 3.63) is 30.1 Å². The van der Waals surface area contributed by atoms with Crippen molar-refractivity contribution in [1.29, 1.82) is 0 Å². The van der Waals surface area contributed by atoms with Crippen LogP contribution < -0.4 is 11.1 Å². The standard InChI is InChI=1S/C18H23F3N6O/c1-12(17(28)23-11-18(19,20)21)27-8-6-26(7-9-27)10-15-24-14-5-3-2-4-13(14)16(22)25-15/h2-5,12H,6-11H2,1H3,(H,23,28)(H2,22,24,25). The first-order valence-corrected chi connectivity index (χ1v) is 9.05. The molecule has 1 amide bonds. The van der Waals surface area contributed by atoms with Crippen LogP contribution in [0, 0.1) is 0 Å². The molecule has 0 spiro atoms. The topological polar surface area (TPSA) is 87.4 Å². The fourth-order valence-corrected chi connectivity index (χ4v) is 3.23. The van der Waals surface area contributed by atoms with Gasteiger partial charge in [-0.1, -0.05) is 12.1 Å². The molecule has 2 heterocycles. The van der Waals surface area contributed by atoms with Crippen LogP contribution in [0.4, 0.5) is 19.0 Å². The van der Waals surface area contributed by atoms with Gasteiger partial charge in [0.05, 0.1) is 18.1 Å². The number of hydrogen-bond donors (Lipinski definition) is 2. The predicted molar refractivity (Wildman–Crippen MR) is 99.3 cm³/mol. The summed E-state index contributed by atoms with van der Waals surface area (Å²) in [4.78, 5) is 24.8. The maximum Gasteiger partial charge on any atom is 0.405 e. The van der Waals surface area contributed by atoms with E-state index < -0.39 is 24.7 Å². The summed E-state index contributed by atoms with van der Waals surface area (Å²) in [6.07, 6.45) is -4.41. The molecule has 152 valence electrons. The Hall–Kier alpha value is -2.46. The number of aromatic nitrogens is 2. The number of carbonyl (C=O) groups is 1. The SMILES string of the molecule is CC(C(=O)NCC(F)(F)F)N1CCN(Cc2nc(N)c3ccccc3n2)CC1. The Morgan fingerprint density at radius 3 is 2.57 bits per heavy atom. The zero-order valence-electron chi connectivity index (χ0n) is 15.5. The minimum atomic E-state index is -4.41. The summed E-state index contributed by atoms with van der Waals surface area (Å²) in [5.74, 6) is 0.450. The van der Waals surface area contributed by atoms with Crippen molar-refractivity contribution in [3.8, 4) is 0 Å². The molecular formula is C18H23F3N6O. The molecule has 0 aliphatic carbocycles. The third kappa shape index (κ3) is 5.08. The maximum absolute atomic E-state index is 12.3. The lowest BCUT2D eigenvalue weighted by molar-refractivity contribution is -0.141. The summed E-state index contributed by atoms with van der Waals surface area (Å²) in [7, 11) is 0. The minimum absolute atomic E-state index is 0.439. The molecule has 1 aromatic carbocycles. The third-order valence-corrected chi connectivity index (χ3v) is 4.84. The van der Waals surface area contributed by atoms with Crippen molar-refractivity contribution >= 4 is 22.6 Å². The lowest BCUT2D eigenvalue weighted by Gasteiger charge is -2.37. The highest BCUT2D eigenvalue weighted by atomic mass is 19.4. The van der Waals surface area contributed by atoms with Gasteiger partial charge in [0.25, 0.3) is 0 Å². The first-order valence-electron chi connectivity index (χ1n) is 9.05. The molecule has 0 bridgehead atoms. The van der Waals surface area contributed by atoms with Crippen molar-refractivity contribution in [3.63, 3.8) is 0 Å². The third-order valence-electron chi connectivity index (χ3n) is 4.84. The lowest BCUT2D eigenvalue weighted by Crippen LogP contribution is -2.54. The highest BCUT2D eigenvalue weighted by Crippen LogP contribution is 2.18. The number of nitrogens with two attached hydrogens (primary N) is 1. The average Bonchev–Trinajstić information content (AvgIpc) is 2.65. The second kappa shape index (κ2) is 8.27. The van der Waals surface area contributed by atoms with Crippen molar-refractivity contribution in [2.45, 2.75) is 25.7 Å². The Balaban J connectivity index is 1.53. The van der Waals surface area contributed by atoms with E-state index in [9.17, 15) is 18.0 Å². The summed E-state index contributed by atoms with van der Waals surface area (Å²) in [5.41, 5.74) is 6.80. The number of amides is 1. The zero-order chi connectivity index (χ0) is 20.3. The number of benzene rings is 1. The Labute approximate surface area is 160 Å². The summed E-state index contributed by atoms with van der Waals surface area (Å²) in [5, 5.41) is 2.76. The Kier molecular flexibility index (Phi) is 5.99. The normalized spacial score (nSPS) is 17.6. The average molecular weight is 396 g/mol. The number of alkyl halides is 3. The van der Waals surface area contributed by atoms with Crippen LogP contribution in [0.2, 0.25) is 0 Å². The van der Waals surface area contributed by atoms with Crippen molar-refractivity contribution in [2.24, 2.45) is 0 Å². The zero-order valence-corrected chi connectivity index (χ0v) is 15.5. The van der Waals surface area contributed by atoms with Crippen LogP contribution in [-0.4, -0.2) is 70.6 Å². The molecular weight excluding hydrogens is 373 g/mol. The van der Waals surface area contributed by atoms with Crippen LogP contribution in [0.25, 0.3) is 10.9 Å². The molecule has 0 saturated carbocycles. The molecule has 1 aliphatic rings. The summed E-state index contributed by atoms with van der Waals surface area (Å²) < 4.78 is 36.8. The molecule has 3 N–H and O–H groups in total. The van der Waals surface area contributed by atoms with Gasteiger partial charge in [0.1, 0.15) is 18.2 Å². The molecule has 1 aromatic heterocycles. The van der Waals surface area contributed by atoms with Gasteiger partial charge in [0, 0.05) is 31.6 Å². The number of rotatable bonds is 5. The highest BCUT2D eigenvalue weighted by molar-refractivity contribution is 5.87. The largest absolute Gasteiger partial charge is 0.405 e. The second-order valence-corrected chi connectivity index (χ2v) is 6.86. The first kappa shape index (κ1) is 20.3. The number of halogens is 3. The van der Waals surface area contributed by atoms with Crippen LogP contribution in [-0.2, 0) is 11.3 Å². The molecule has 0 radical (unpaired) electrons.